The van der Waals surface area contributed by atoms with Crippen molar-refractivity contribution in [3.05, 3.63) is 51.3 Å². The van der Waals surface area contributed by atoms with Crippen LogP contribution in [0.3, 0.4) is 0 Å². The van der Waals surface area contributed by atoms with Gasteiger partial charge in [0.25, 0.3) is 10.0 Å². The van der Waals surface area contributed by atoms with E-state index in [1.54, 1.807) is 11.4 Å². The number of hydrogen-bond acceptors (Lipinski definition) is 3. The lowest BCUT2D eigenvalue weighted by Gasteiger charge is -2.06. The van der Waals surface area contributed by atoms with Crippen LogP contribution in [0.15, 0.2) is 44.4 Å². The van der Waals surface area contributed by atoms with Crippen LogP contribution in [0.5, 0.6) is 0 Å². The molecule has 1 aromatic carbocycles. The Kier molecular flexibility index (Phi) is 5.03. The molecule has 2 aromatic rings. The first-order valence-electron chi connectivity index (χ1n) is 5.39. The third-order valence-electron chi connectivity index (χ3n) is 2.44. The summed E-state index contributed by atoms with van der Waals surface area (Å²) in [4.78, 5) is 0. The third kappa shape index (κ3) is 3.79. The van der Waals surface area contributed by atoms with Crippen LogP contribution in [-0.4, -0.2) is 8.42 Å². The molecule has 0 aliphatic heterocycles. The van der Waals surface area contributed by atoms with Crippen LogP contribution < -0.4 is 4.72 Å². The number of halogens is 2. The Morgan fingerprint density at radius 3 is 2.63 bits per heavy atom. The van der Waals surface area contributed by atoms with Crippen molar-refractivity contribution in [3.63, 3.8) is 0 Å². The van der Waals surface area contributed by atoms with E-state index in [2.05, 4.69) is 20.7 Å². The molecule has 0 spiro atoms. The lowest BCUT2D eigenvalue weighted by molar-refractivity contribution is 0.583. The maximum Gasteiger partial charge on any atom is 0.251 e. The van der Waals surface area contributed by atoms with Crippen LogP contribution in [0.1, 0.15) is 11.1 Å². The van der Waals surface area contributed by atoms with E-state index in [1.165, 1.54) is 11.3 Å². The number of benzene rings is 1. The molecule has 19 heavy (non-hydrogen) atoms. The summed E-state index contributed by atoms with van der Waals surface area (Å²) in [6.45, 7) is 0.247. The molecule has 3 nitrogen and oxygen atoms in total. The molecule has 1 heterocycles. The molecule has 0 unspecified atom stereocenters. The SMILES string of the molecule is O=S(=O)(NCc1cccc(CCl)c1)c1sccc1Br. The molecule has 0 fully saturated rings. The Bertz CT molecular complexity index is 670. The Balaban J connectivity index is 2.12. The van der Waals surface area contributed by atoms with E-state index in [4.69, 9.17) is 11.6 Å². The van der Waals surface area contributed by atoms with Crippen LogP contribution in [0.4, 0.5) is 0 Å². The lowest BCUT2D eigenvalue weighted by atomic mass is 10.1. The molecule has 0 saturated heterocycles. The Hall–Kier alpha value is -0.400. The van der Waals surface area contributed by atoms with Gasteiger partial charge in [0.15, 0.2) is 0 Å². The van der Waals surface area contributed by atoms with Crippen molar-refractivity contribution < 1.29 is 8.42 Å². The Morgan fingerprint density at radius 2 is 2.00 bits per heavy atom. The number of rotatable bonds is 5. The van der Waals surface area contributed by atoms with Gasteiger partial charge in [-0.2, -0.15) is 0 Å². The summed E-state index contributed by atoms with van der Waals surface area (Å²) in [6, 6.07) is 9.23. The van der Waals surface area contributed by atoms with Crippen molar-refractivity contribution in [1.82, 2.24) is 4.72 Å². The summed E-state index contributed by atoms with van der Waals surface area (Å²) >= 11 is 10.2. The fourth-order valence-corrected chi connectivity index (χ4v) is 5.10. The van der Waals surface area contributed by atoms with E-state index in [0.29, 0.717) is 14.6 Å². The van der Waals surface area contributed by atoms with Crippen molar-refractivity contribution in [2.45, 2.75) is 16.6 Å². The average Bonchev–Trinajstić information content (AvgIpc) is 2.84. The molecule has 1 aromatic heterocycles. The van der Waals surface area contributed by atoms with Crippen LogP contribution in [0.2, 0.25) is 0 Å². The minimum absolute atomic E-state index is 0.247. The zero-order chi connectivity index (χ0) is 13.9. The van der Waals surface area contributed by atoms with E-state index in [0.717, 1.165) is 11.1 Å². The van der Waals surface area contributed by atoms with Gasteiger partial charge in [-0.1, -0.05) is 24.3 Å². The molecule has 0 amide bonds. The molecular formula is C12H11BrClNO2S2. The summed E-state index contributed by atoms with van der Waals surface area (Å²) in [5, 5.41) is 1.73. The molecule has 0 aliphatic rings. The fourth-order valence-electron chi connectivity index (χ4n) is 1.54. The number of alkyl halides is 1. The van der Waals surface area contributed by atoms with Crippen LogP contribution in [-0.2, 0) is 22.4 Å². The highest BCUT2D eigenvalue weighted by Crippen LogP contribution is 2.27. The van der Waals surface area contributed by atoms with Gasteiger partial charge in [0.2, 0.25) is 0 Å². The van der Waals surface area contributed by atoms with Crippen molar-refractivity contribution in [1.29, 1.82) is 0 Å². The quantitative estimate of drug-likeness (QED) is 0.803. The molecule has 0 saturated carbocycles. The number of sulfonamides is 1. The van der Waals surface area contributed by atoms with Gasteiger partial charge in [-0.25, -0.2) is 13.1 Å². The molecular weight excluding hydrogens is 370 g/mol. The molecule has 1 N–H and O–H groups in total. The van der Waals surface area contributed by atoms with Gasteiger partial charge in [0.05, 0.1) is 0 Å². The van der Waals surface area contributed by atoms with E-state index in [1.807, 2.05) is 24.3 Å². The Labute approximate surface area is 129 Å². The second kappa shape index (κ2) is 6.37. The minimum atomic E-state index is -3.48. The van der Waals surface area contributed by atoms with Gasteiger partial charge in [0, 0.05) is 16.9 Å². The molecule has 0 aliphatic carbocycles. The second-order valence-electron chi connectivity index (χ2n) is 3.83. The van der Waals surface area contributed by atoms with Gasteiger partial charge in [-0.3, -0.25) is 0 Å². The van der Waals surface area contributed by atoms with Crippen LogP contribution in [0.25, 0.3) is 0 Å². The maximum atomic E-state index is 12.1. The zero-order valence-corrected chi connectivity index (χ0v) is 13.7. The van der Waals surface area contributed by atoms with Gasteiger partial charge in [-0.15, -0.1) is 22.9 Å². The van der Waals surface area contributed by atoms with Crippen LogP contribution in [0, 0.1) is 0 Å². The minimum Gasteiger partial charge on any atom is -0.206 e. The molecule has 102 valence electrons. The first-order chi connectivity index (χ1) is 9.03. The molecule has 0 radical (unpaired) electrons. The van der Waals surface area contributed by atoms with Gasteiger partial charge in [0.1, 0.15) is 4.21 Å². The molecule has 0 atom stereocenters. The van der Waals surface area contributed by atoms with E-state index in [9.17, 15) is 8.42 Å². The third-order valence-corrected chi connectivity index (χ3v) is 6.82. The number of hydrogen-bond donors (Lipinski definition) is 1. The molecule has 7 heteroatoms. The second-order valence-corrected chi connectivity index (χ2v) is 7.83. The largest absolute Gasteiger partial charge is 0.251 e. The fraction of sp³-hybridized carbons (Fsp3) is 0.167. The number of thiophene rings is 1. The van der Waals surface area contributed by atoms with Gasteiger partial charge in [-0.05, 0) is 38.5 Å². The number of nitrogens with one attached hydrogen (secondary N) is 1. The average molecular weight is 381 g/mol. The smallest absolute Gasteiger partial charge is 0.206 e. The molecule has 2 rings (SSSR count). The van der Waals surface area contributed by atoms with E-state index < -0.39 is 10.0 Å². The van der Waals surface area contributed by atoms with Crippen molar-refractivity contribution >= 4 is 48.9 Å². The van der Waals surface area contributed by atoms with Crippen molar-refractivity contribution in [2.75, 3.05) is 0 Å². The van der Waals surface area contributed by atoms with Gasteiger partial charge >= 0.3 is 0 Å². The normalized spacial score (nSPS) is 11.7. The van der Waals surface area contributed by atoms with Crippen molar-refractivity contribution in [3.8, 4) is 0 Å². The van der Waals surface area contributed by atoms with Gasteiger partial charge < -0.3 is 0 Å². The highest BCUT2D eigenvalue weighted by Gasteiger charge is 2.18. The van der Waals surface area contributed by atoms with E-state index in [-0.39, 0.29) is 6.54 Å². The zero-order valence-electron chi connectivity index (χ0n) is 9.77. The standard InChI is InChI=1S/C12H11BrClNO2S2/c13-11-4-5-18-12(11)19(16,17)15-8-10-3-1-2-9(6-10)7-14/h1-6,15H,7-8H2. The topological polar surface area (TPSA) is 46.2 Å². The maximum absolute atomic E-state index is 12.1. The summed E-state index contributed by atoms with van der Waals surface area (Å²) in [7, 11) is -3.48. The Morgan fingerprint density at radius 1 is 1.26 bits per heavy atom. The monoisotopic (exact) mass is 379 g/mol. The van der Waals surface area contributed by atoms with E-state index >= 15 is 0 Å². The first kappa shape index (κ1) is 15.0. The highest BCUT2D eigenvalue weighted by atomic mass is 79.9. The lowest BCUT2D eigenvalue weighted by Crippen LogP contribution is -2.22. The highest BCUT2D eigenvalue weighted by molar-refractivity contribution is 9.10. The summed E-state index contributed by atoms with van der Waals surface area (Å²) < 4.78 is 27.6. The predicted octanol–water partition coefficient (Wildman–Crippen LogP) is 3.73. The molecule has 0 bridgehead atoms. The summed E-state index contributed by atoms with van der Waals surface area (Å²) in [6.07, 6.45) is 0. The summed E-state index contributed by atoms with van der Waals surface area (Å²) in [5.41, 5.74) is 1.85. The predicted molar refractivity (Wildman–Crippen MR) is 82.0 cm³/mol. The van der Waals surface area contributed by atoms with Crippen molar-refractivity contribution in [2.24, 2.45) is 0 Å². The first-order valence-corrected chi connectivity index (χ1v) is 9.08. The summed E-state index contributed by atoms with van der Waals surface area (Å²) in [5.74, 6) is 0.414. The van der Waals surface area contributed by atoms with Crippen LogP contribution >= 0.6 is 38.9 Å².